The number of aromatic nitrogens is 1. The second-order valence-corrected chi connectivity index (χ2v) is 6.68. The summed E-state index contributed by atoms with van der Waals surface area (Å²) in [5.74, 6) is 1.55. The number of rotatable bonds is 5. The summed E-state index contributed by atoms with van der Waals surface area (Å²) in [6.45, 7) is 3.45. The van der Waals surface area contributed by atoms with Crippen LogP contribution in [-0.2, 0) is 4.74 Å². The molecule has 0 saturated carbocycles. The molecule has 1 aliphatic rings. The van der Waals surface area contributed by atoms with Crippen LogP contribution in [0.3, 0.4) is 0 Å². The maximum atomic E-state index is 11.8. The van der Waals surface area contributed by atoms with E-state index in [-0.39, 0.29) is 18.1 Å². The summed E-state index contributed by atoms with van der Waals surface area (Å²) < 4.78 is 4.94. The Bertz CT molecular complexity index is 496. The molecule has 1 atom stereocenters. The molecule has 2 rings (SSSR count). The topological polar surface area (TPSA) is 68.3 Å². The zero-order valence-corrected chi connectivity index (χ0v) is 13.2. The minimum atomic E-state index is -0.528. The molecule has 0 aromatic carbocycles. The van der Waals surface area contributed by atoms with E-state index in [1.165, 1.54) is 30.4 Å². The Balaban J connectivity index is 2.15. The molecule has 110 valence electrons. The number of nitrogens with one attached hydrogen (secondary N) is 1. The van der Waals surface area contributed by atoms with Crippen molar-refractivity contribution in [1.29, 1.82) is 0 Å². The number of nitrogens with zero attached hydrogens (tertiary/aromatic N) is 1. The number of Topliss-reactive ketones (excluding diaryl/α,β-unsaturated/α-hetero) is 1. The van der Waals surface area contributed by atoms with Crippen molar-refractivity contribution in [2.24, 2.45) is 0 Å². The average molecular weight is 314 g/mol. The van der Waals surface area contributed by atoms with E-state index in [0.717, 1.165) is 12.2 Å². The van der Waals surface area contributed by atoms with Gasteiger partial charge in [0.2, 0.25) is 0 Å². The second kappa shape index (κ2) is 7.08. The van der Waals surface area contributed by atoms with Crippen LogP contribution in [0.25, 0.3) is 0 Å². The number of anilines is 1. The van der Waals surface area contributed by atoms with Crippen LogP contribution in [0.4, 0.5) is 5.13 Å². The third-order valence-electron chi connectivity index (χ3n) is 2.90. The van der Waals surface area contributed by atoms with Crippen molar-refractivity contribution in [3.8, 4) is 0 Å². The maximum absolute atomic E-state index is 11.8. The van der Waals surface area contributed by atoms with Crippen LogP contribution >= 0.6 is 23.1 Å². The van der Waals surface area contributed by atoms with Gasteiger partial charge in [-0.2, -0.15) is 11.8 Å². The van der Waals surface area contributed by atoms with Gasteiger partial charge in [-0.1, -0.05) is 11.3 Å². The molecule has 0 bridgehead atoms. The summed E-state index contributed by atoms with van der Waals surface area (Å²) in [5.41, 5.74) is 0.135. The molecular weight excluding hydrogens is 296 g/mol. The molecular formula is C13H18N2O3S2. The zero-order chi connectivity index (χ0) is 14.5. The predicted octanol–water partition coefficient (Wildman–Crippen LogP) is 2.83. The van der Waals surface area contributed by atoms with Gasteiger partial charge in [0.05, 0.1) is 6.61 Å². The average Bonchev–Trinajstić information content (AvgIpc) is 2.84. The van der Waals surface area contributed by atoms with Gasteiger partial charge in [0.1, 0.15) is 4.88 Å². The number of hydrogen-bond donors (Lipinski definition) is 1. The normalized spacial score (nSPS) is 18.6. The van der Waals surface area contributed by atoms with Crippen molar-refractivity contribution in [1.82, 2.24) is 4.98 Å². The summed E-state index contributed by atoms with van der Waals surface area (Å²) in [7, 11) is 0. The van der Waals surface area contributed by atoms with E-state index in [1.54, 1.807) is 6.92 Å². The molecule has 5 nitrogen and oxygen atoms in total. The van der Waals surface area contributed by atoms with Gasteiger partial charge < -0.3 is 10.1 Å². The van der Waals surface area contributed by atoms with E-state index in [2.05, 4.69) is 10.3 Å². The van der Waals surface area contributed by atoms with Gasteiger partial charge in [0.15, 0.2) is 16.6 Å². The van der Waals surface area contributed by atoms with Gasteiger partial charge in [0.25, 0.3) is 0 Å². The van der Waals surface area contributed by atoms with Crippen LogP contribution in [0.15, 0.2) is 0 Å². The Morgan fingerprint density at radius 3 is 2.90 bits per heavy atom. The lowest BCUT2D eigenvalue weighted by Crippen LogP contribution is -2.25. The lowest BCUT2D eigenvalue weighted by atomic mass is 10.2. The number of esters is 1. The number of thioether (sulfide) groups is 1. The highest BCUT2D eigenvalue weighted by Gasteiger charge is 2.23. The molecule has 1 saturated heterocycles. The number of thiazole rings is 1. The Morgan fingerprint density at radius 1 is 1.50 bits per heavy atom. The minimum absolute atomic E-state index is 0.135. The lowest BCUT2D eigenvalue weighted by Gasteiger charge is -2.21. The largest absolute Gasteiger partial charge is 0.461 e. The van der Waals surface area contributed by atoms with Crippen LogP contribution in [0.5, 0.6) is 0 Å². The van der Waals surface area contributed by atoms with Crippen molar-refractivity contribution in [2.75, 3.05) is 23.4 Å². The molecule has 1 N–H and O–H groups in total. The molecule has 2 heterocycles. The van der Waals surface area contributed by atoms with Crippen molar-refractivity contribution >= 4 is 40.0 Å². The maximum Gasteiger partial charge on any atom is 0.358 e. The molecule has 0 amide bonds. The number of ketones is 1. The van der Waals surface area contributed by atoms with E-state index in [9.17, 15) is 9.59 Å². The number of hydrogen-bond acceptors (Lipinski definition) is 7. The van der Waals surface area contributed by atoms with E-state index >= 15 is 0 Å². The molecule has 1 aromatic rings. The second-order valence-electron chi connectivity index (χ2n) is 4.53. The fraction of sp³-hybridized carbons (Fsp3) is 0.615. The van der Waals surface area contributed by atoms with Crippen LogP contribution in [0.1, 0.15) is 46.8 Å². The molecule has 1 aromatic heterocycles. The van der Waals surface area contributed by atoms with Crippen molar-refractivity contribution in [3.05, 3.63) is 10.6 Å². The standard InChI is InChI=1S/C13H18N2O3S2/c1-3-18-12(17)10-11(8(2)16)20-13(15-10)14-9-5-4-6-19-7-9/h9H,3-7H2,1-2H3,(H,14,15). The smallest absolute Gasteiger partial charge is 0.358 e. The number of ether oxygens (including phenoxy) is 1. The van der Waals surface area contributed by atoms with Crippen LogP contribution in [0, 0.1) is 0 Å². The van der Waals surface area contributed by atoms with Gasteiger partial charge in [-0.3, -0.25) is 4.79 Å². The van der Waals surface area contributed by atoms with Gasteiger partial charge in [-0.05, 0) is 25.5 Å². The fourth-order valence-electron chi connectivity index (χ4n) is 1.99. The van der Waals surface area contributed by atoms with Gasteiger partial charge in [0, 0.05) is 18.7 Å². The van der Waals surface area contributed by atoms with E-state index in [0.29, 0.717) is 16.1 Å². The molecule has 0 spiro atoms. The van der Waals surface area contributed by atoms with Crippen LogP contribution in [-0.4, -0.2) is 40.9 Å². The zero-order valence-electron chi connectivity index (χ0n) is 11.6. The molecule has 0 aliphatic carbocycles. The summed E-state index contributed by atoms with van der Waals surface area (Å²) in [5, 5.41) is 3.95. The quantitative estimate of drug-likeness (QED) is 0.666. The first-order valence-corrected chi connectivity index (χ1v) is 8.62. The number of carbonyl (C=O) groups excluding carboxylic acids is 2. The SMILES string of the molecule is CCOC(=O)c1nc(NC2CCCSC2)sc1C(C)=O. The third kappa shape index (κ3) is 3.73. The molecule has 1 aliphatic heterocycles. The van der Waals surface area contributed by atoms with Crippen molar-refractivity contribution < 1.29 is 14.3 Å². The highest BCUT2D eigenvalue weighted by molar-refractivity contribution is 7.99. The Morgan fingerprint density at radius 2 is 2.30 bits per heavy atom. The first-order valence-electron chi connectivity index (χ1n) is 6.65. The van der Waals surface area contributed by atoms with E-state index < -0.39 is 5.97 Å². The highest BCUT2D eigenvalue weighted by Crippen LogP contribution is 2.27. The Hall–Kier alpha value is -1.08. The van der Waals surface area contributed by atoms with Gasteiger partial charge >= 0.3 is 5.97 Å². The minimum Gasteiger partial charge on any atom is -0.461 e. The molecule has 1 unspecified atom stereocenters. The summed E-state index contributed by atoms with van der Waals surface area (Å²) in [6.07, 6.45) is 2.27. The summed E-state index contributed by atoms with van der Waals surface area (Å²) >= 11 is 3.14. The van der Waals surface area contributed by atoms with Gasteiger partial charge in [-0.25, -0.2) is 9.78 Å². The van der Waals surface area contributed by atoms with Crippen molar-refractivity contribution in [2.45, 2.75) is 32.7 Å². The Kier molecular flexibility index (Phi) is 5.42. The fourth-order valence-corrected chi connectivity index (χ4v) is 3.98. The highest BCUT2D eigenvalue weighted by atomic mass is 32.2. The summed E-state index contributed by atoms with van der Waals surface area (Å²) in [4.78, 5) is 28.0. The number of carbonyl (C=O) groups is 2. The molecule has 20 heavy (non-hydrogen) atoms. The van der Waals surface area contributed by atoms with E-state index in [4.69, 9.17) is 4.74 Å². The predicted molar refractivity (Wildman–Crippen MR) is 82.0 cm³/mol. The monoisotopic (exact) mass is 314 g/mol. The molecule has 7 heteroatoms. The third-order valence-corrected chi connectivity index (χ3v) is 5.21. The first-order chi connectivity index (χ1) is 9.61. The van der Waals surface area contributed by atoms with Gasteiger partial charge in [-0.15, -0.1) is 0 Å². The lowest BCUT2D eigenvalue weighted by molar-refractivity contribution is 0.0517. The molecule has 1 fully saturated rings. The first kappa shape index (κ1) is 15.3. The van der Waals surface area contributed by atoms with Crippen molar-refractivity contribution in [3.63, 3.8) is 0 Å². The van der Waals surface area contributed by atoms with Crippen LogP contribution in [0.2, 0.25) is 0 Å². The Labute approximate surface area is 126 Å². The van der Waals surface area contributed by atoms with E-state index in [1.807, 2.05) is 11.8 Å². The van der Waals surface area contributed by atoms with Crippen LogP contribution < -0.4 is 5.32 Å². The summed E-state index contributed by atoms with van der Waals surface area (Å²) in [6, 6.07) is 0.356. The molecule has 0 radical (unpaired) electrons.